The molecule has 4 nitrogen and oxygen atoms in total. The largest absolute Gasteiger partial charge is 0.463 e. The molecule has 0 bridgehead atoms. The Morgan fingerprint density at radius 3 is 2.75 bits per heavy atom. The monoisotopic (exact) mass is 167 g/mol. The van der Waals surface area contributed by atoms with Crippen molar-refractivity contribution in [3.8, 4) is 5.75 Å². The van der Waals surface area contributed by atoms with E-state index in [1.807, 2.05) is 24.5 Å². The topological polar surface area (TPSA) is 58.6 Å². The number of benzene rings is 1. The smallest absolute Gasteiger partial charge is 0.438 e. The first-order valence-corrected chi connectivity index (χ1v) is 3.41. The van der Waals surface area contributed by atoms with Crippen LogP contribution in [0.3, 0.4) is 0 Å². The summed E-state index contributed by atoms with van der Waals surface area (Å²) in [6.07, 6.45) is -1.21. The molecular weight excluding hydrogens is 158 g/mol. The minimum absolute atomic E-state index is 0.514. The van der Waals surface area contributed by atoms with E-state index in [0.717, 1.165) is 5.56 Å². The van der Waals surface area contributed by atoms with E-state index >= 15 is 0 Å². The Morgan fingerprint density at radius 2 is 2.17 bits per heavy atom. The average molecular weight is 167 g/mol. The van der Waals surface area contributed by atoms with Crippen molar-refractivity contribution in [2.24, 2.45) is 0 Å². The van der Waals surface area contributed by atoms with Crippen molar-refractivity contribution in [2.75, 3.05) is 0 Å². The minimum Gasteiger partial charge on any atom is -0.463 e. The lowest BCUT2D eigenvalue weighted by Crippen LogP contribution is -2.24. The normalized spacial score (nSPS) is 9.08. The predicted molar refractivity (Wildman–Crippen MR) is 43.0 cm³/mol. The summed E-state index contributed by atoms with van der Waals surface area (Å²) < 4.78 is 0. The molecule has 0 aliphatic heterocycles. The maximum atomic E-state index is 10.0. The van der Waals surface area contributed by atoms with Crippen molar-refractivity contribution in [3.05, 3.63) is 29.8 Å². The van der Waals surface area contributed by atoms with Gasteiger partial charge in [0.25, 0.3) is 0 Å². The van der Waals surface area contributed by atoms with Crippen molar-refractivity contribution >= 4 is 6.09 Å². The number of para-hydroxylation sites is 1. The van der Waals surface area contributed by atoms with E-state index in [1.54, 1.807) is 12.1 Å². The van der Waals surface area contributed by atoms with Gasteiger partial charge in [0, 0.05) is 0 Å². The van der Waals surface area contributed by atoms with Crippen molar-refractivity contribution in [1.29, 1.82) is 0 Å². The molecule has 64 valence electrons. The van der Waals surface area contributed by atoms with Gasteiger partial charge in [-0.3, -0.25) is 0 Å². The van der Waals surface area contributed by atoms with Gasteiger partial charge < -0.3 is 9.94 Å². The number of hydrogen-bond acceptors (Lipinski definition) is 2. The van der Waals surface area contributed by atoms with E-state index in [-0.39, 0.29) is 0 Å². The van der Waals surface area contributed by atoms with Gasteiger partial charge >= 0.3 is 6.09 Å². The number of hydrogen-bond donors (Lipinski definition) is 2. The number of rotatable bonds is 2. The van der Waals surface area contributed by atoms with E-state index in [1.165, 1.54) is 0 Å². The number of nitrogens with one attached hydrogen (secondary N) is 1. The van der Waals surface area contributed by atoms with Gasteiger partial charge in [0.1, 0.15) is 0 Å². The van der Waals surface area contributed by atoms with Crippen LogP contribution in [0.4, 0.5) is 4.79 Å². The Labute approximate surface area is 69.7 Å². The molecule has 1 amide bonds. The summed E-state index contributed by atoms with van der Waals surface area (Å²) in [5, 5.41) is 8.23. The number of hydroxylamine groups is 1. The van der Waals surface area contributed by atoms with Crippen LogP contribution in [0.2, 0.25) is 0 Å². The van der Waals surface area contributed by atoms with Gasteiger partial charge in [-0.25, -0.2) is 4.79 Å². The first-order chi connectivity index (χ1) is 5.70. The van der Waals surface area contributed by atoms with Crippen LogP contribution in [0.25, 0.3) is 0 Å². The molecule has 0 radical (unpaired) electrons. The maximum Gasteiger partial charge on any atom is 0.438 e. The van der Waals surface area contributed by atoms with Crippen molar-refractivity contribution in [1.82, 2.24) is 5.48 Å². The Morgan fingerprint density at radius 1 is 1.50 bits per heavy atom. The van der Waals surface area contributed by atoms with Crippen LogP contribution in [-0.2, 0) is 0 Å². The average Bonchev–Trinajstić information content (AvgIpc) is 2.03. The predicted octanol–water partition coefficient (Wildman–Crippen LogP) is 1.56. The van der Waals surface area contributed by atoms with E-state index in [0.29, 0.717) is 5.75 Å². The fraction of sp³-hybridized carbons (Fsp3) is 0.125. The van der Waals surface area contributed by atoms with Crippen LogP contribution in [0.1, 0.15) is 5.56 Å². The molecule has 0 spiro atoms. The molecule has 0 aromatic heterocycles. The number of aryl methyl sites for hydroxylation is 1. The van der Waals surface area contributed by atoms with Crippen molar-refractivity contribution in [2.45, 2.75) is 6.92 Å². The van der Waals surface area contributed by atoms with Gasteiger partial charge in [0.05, 0.1) is 0 Å². The quantitative estimate of drug-likeness (QED) is 0.657. The van der Waals surface area contributed by atoms with Crippen molar-refractivity contribution < 1.29 is 14.7 Å². The molecule has 1 aromatic carbocycles. The first-order valence-electron chi connectivity index (χ1n) is 3.41. The summed E-state index contributed by atoms with van der Waals surface area (Å²) in [7, 11) is 0. The summed E-state index contributed by atoms with van der Waals surface area (Å²) in [5.74, 6) is 0.514. The molecule has 12 heavy (non-hydrogen) atoms. The molecule has 0 fully saturated rings. The summed E-state index contributed by atoms with van der Waals surface area (Å²) in [5.41, 5.74) is 2.70. The van der Waals surface area contributed by atoms with Crippen LogP contribution in [-0.4, -0.2) is 11.2 Å². The molecule has 0 atom stereocenters. The molecule has 0 aliphatic rings. The number of amides is 1. The summed E-state index contributed by atoms with van der Waals surface area (Å²) in [6, 6.07) is 7.14. The standard InChI is InChI=1S/C8H9NO3/c1-6-4-2-3-5-7(6)12-9-8(10)11/h2-5,9H,1H3,(H,10,11). The van der Waals surface area contributed by atoms with Gasteiger partial charge in [-0.2, -0.15) is 5.48 Å². The molecular formula is C8H9NO3. The van der Waals surface area contributed by atoms with Crippen LogP contribution in [0.15, 0.2) is 24.3 Å². The highest BCUT2D eigenvalue weighted by Crippen LogP contribution is 2.14. The highest BCUT2D eigenvalue weighted by atomic mass is 16.7. The first kappa shape index (κ1) is 8.39. The van der Waals surface area contributed by atoms with Gasteiger partial charge in [-0.1, -0.05) is 18.2 Å². The fourth-order valence-corrected chi connectivity index (χ4v) is 0.770. The number of carboxylic acid groups (broad SMARTS) is 1. The summed E-state index contributed by atoms with van der Waals surface area (Å²) >= 11 is 0. The molecule has 0 aliphatic carbocycles. The van der Waals surface area contributed by atoms with Gasteiger partial charge in [0.2, 0.25) is 0 Å². The molecule has 0 heterocycles. The maximum absolute atomic E-state index is 10.0. The van der Waals surface area contributed by atoms with Crippen LogP contribution >= 0.6 is 0 Å². The third-order valence-electron chi connectivity index (χ3n) is 1.34. The Hall–Kier alpha value is -1.71. The highest BCUT2D eigenvalue weighted by Gasteiger charge is 1.99. The van der Waals surface area contributed by atoms with E-state index in [4.69, 9.17) is 9.94 Å². The Balaban J connectivity index is 2.63. The van der Waals surface area contributed by atoms with Crippen LogP contribution in [0.5, 0.6) is 5.75 Å². The second kappa shape index (κ2) is 3.61. The van der Waals surface area contributed by atoms with Gasteiger partial charge in [-0.15, -0.1) is 0 Å². The lowest BCUT2D eigenvalue weighted by Gasteiger charge is -2.05. The third-order valence-corrected chi connectivity index (χ3v) is 1.34. The fourth-order valence-electron chi connectivity index (χ4n) is 0.770. The highest BCUT2D eigenvalue weighted by molar-refractivity contribution is 5.63. The summed E-state index contributed by atoms with van der Waals surface area (Å²) in [4.78, 5) is 14.8. The SMILES string of the molecule is Cc1ccccc1ONC(=O)O. The van der Waals surface area contributed by atoms with E-state index < -0.39 is 6.09 Å². The lowest BCUT2D eigenvalue weighted by atomic mass is 10.2. The zero-order valence-electron chi connectivity index (χ0n) is 6.57. The molecule has 0 unspecified atom stereocenters. The zero-order chi connectivity index (χ0) is 8.97. The molecule has 2 N–H and O–H groups in total. The second-order valence-corrected chi connectivity index (χ2v) is 2.27. The van der Waals surface area contributed by atoms with Crippen LogP contribution in [0, 0.1) is 6.92 Å². The van der Waals surface area contributed by atoms with E-state index in [2.05, 4.69) is 0 Å². The molecule has 1 rings (SSSR count). The molecule has 4 heteroatoms. The third kappa shape index (κ3) is 2.16. The van der Waals surface area contributed by atoms with E-state index in [9.17, 15) is 4.79 Å². The molecule has 1 aromatic rings. The minimum atomic E-state index is -1.21. The molecule has 0 saturated carbocycles. The number of carbonyl (C=O) groups is 1. The molecule has 0 saturated heterocycles. The Bertz CT molecular complexity index is 285. The Kier molecular flexibility index (Phi) is 2.53. The van der Waals surface area contributed by atoms with Crippen LogP contribution < -0.4 is 10.3 Å². The zero-order valence-corrected chi connectivity index (χ0v) is 6.57. The van der Waals surface area contributed by atoms with Gasteiger partial charge in [-0.05, 0) is 18.6 Å². The summed E-state index contributed by atoms with van der Waals surface area (Å²) in [6.45, 7) is 1.83. The lowest BCUT2D eigenvalue weighted by molar-refractivity contribution is 0.135. The van der Waals surface area contributed by atoms with Gasteiger partial charge in [0.15, 0.2) is 5.75 Å². The second-order valence-electron chi connectivity index (χ2n) is 2.27. The van der Waals surface area contributed by atoms with Crippen molar-refractivity contribution in [3.63, 3.8) is 0 Å².